The van der Waals surface area contributed by atoms with Gasteiger partial charge in [-0.1, -0.05) is 18.6 Å². The van der Waals surface area contributed by atoms with Crippen LogP contribution in [0.4, 0.5) is 0 Å². The van der Waals surface area contributed by atoms with Crippen molar-refractivity contribution in [2.75, 3.05) is 20.2 Å². The third-order valence-electron chi connectivity index (χ3n) is 5.51. The maximum Gasteiger partial charge on any atom is 0.118 e. The molecule has 1 aliphatic heterocycles. The van der Waals surface area contributed by atoms with Gasteiger partial charge >= 0.3 is 0 Å². The molecule has 1 saturated heterocycles. The normalized spacial score (nSPS) is 28.9. The second kappa shape index (κ2) is 6.37. The summed E-state index contributed by atoms with van der Waals surface area (Å²) in [5, 5.41) is 0. The average molecular weight is 288 g/mol. The van der Waals surface area contributed by atoms with E-state index in [-0.39, 0.29) is 0 Å². The van der Waals surface area contributed by atoms with E-state index in [9.17, 15) is 0 Å². The molecule has 0 amide bonds. The van der Waals surface area contributed by atoms with Crippen molar-refractivity contribution in [2.45, 2.75) is 50.6 Å². The Balaban J connectivity index is 1.69. The average Bonchev–Trinajstić information content (AvgIpc) is 2.45. The van der Waals surface area contributed by atoms with E-state index >= 15 is 0 Å². The van der Waals surface area contributed by atoms with Crippen LogP contribution in [0.15, 0.2) is 24.3 Å². The fourth-order valence-corrected chi connectivity index (χ4v) is 3.84. The fourth-order valence-electron chi connectivity index (χ4n) is 3.84. The van der Waals surface area contributed by atoms with Crippen LogP contribution in [-0.2, 0) is 0 Å². The van der Waals surface area contributed by atoms with Crippen molar-refractivity contribution in [3.63, 3.8) is 0 Å². The van der Waals surface area contributed by atoms with E-state index in [1.54, 1.807) is 7.11 Å². The summed E-state index contributed by atoms with van der Waals surface area (Å²) in [5.41, 5.74) is 7.74. The Morgan fingerprint density at radius 3 is 2.48 bits per heavy atom. The van der Waals surface area contributed by atoms with Gasteiger partial charge in [-0.25, -0.2) is 0 Å². The second-order valence-corrected chi connectivity index (χ2v) is 6.85. The number of methoxy groups -OCH3 is 1. The number of piperidine rings is 1. The maximum atomic E-state index is 6.34. The highest BCUT2D eigenvalue weighted by Crippen LogP contribution is 2.35. The van der Waals surface area contributed by atoms with Crippen LogP contribution in [-0.4, -0.2) is 37.2 Å². The zero-order chi connectivity index (χ0) is 14.8. The lowest BCUT2D eigenvalue weighted by Gasteiger charge is -2.45. The predicted molar refractivity (Wildman–Crippen MR) is 86.7 cm³/mol. The molecule has 1 aromatic carbocycles. The largest absolute Gasteiger partial charge is 0.497 e. The van der Waals surface area contributed by atoms with E-state index < -0.39 is 0 Å². The van der Waals surface area contributed by atoms with E-state index in [0.29, 0.717) is 18.0 Å². The summed E-state index contributed by atoms with van der Waals surface area (Å²) in [6.07, 6.45) is 5.32. The van der Waals surface area contributed by atoms with Crippen molar-refractivity contribution in [2.24, 2.45) is 11.7 Å². The molecule has 116 valence electrons. The highest BCUT2D eigenvalue weighted by atomic mass is 16.5. The number of benzene rings is 1. The van der Waals surface area contributed by atoms with Gasteiger partial charge in [0.2, 0.25) is 0 Å². The van der Waals surface area contributed by atoms with Crippen LogP contribution in [0.1, 0.15) is 44.1 Å². The number of hydrogen-bond donors (Lipinski definition) is 1. The fraction of sp³-hybridized carbons (Fsp3) is 0.667. The van der Waals surface area contributed by atoms with Crippen molar-refractivity contribution < 1.29 is 4.74 Å². The molecule has 0 spiro atoms. The van der Waals surface area contributed by atoms with E-state index in [2.05, 4.69) is 36.1 Å². The lowest BCUT2D eigenvalue weighted by molar-refractivity contribution is 0.0738. The molecule has 0 bridgehead atoms. The molecule has 0 radical (unpaired) electrons. The molecule has 3 atom stereocenters. The van der Waals surface area contributed by atoms with Gasteiger partial charge in [-0.2, -0.15) is 0 Å². The van der Waals surface area contributed by atoms with Crippen LogP contribution in [0.3, 0.4) is 0 Å². The van der Waals surface area contributed by atoms with Crippen molar-refractivity contribution in [1.82, 2.24) is 4.90 Å². The molecule has 1 aromatic rings. The third-order valence-corrected chi connectivity index (χ3v) is 5.51. The van der Waals surface area contributed by atoms with Gasteiger partial charge in [-0.05, 0) is 55.7 Å². The summed E-state index contributed by atoms with van der Waals surface area (Å²) < 4.78 is 5.26. The molecule has 0 aromatic heterocycles. The van der Waals surface area contributed by atoms with Crippen LogP contribution >= 0.6 is 0 Å². The Kier molecular flexibility index (Phi) is 4.51. The molecule has 3 nitrogen and oxygen atoms in total. The maximum absolute atomic E-state index is 6.34. The summed E-state index contributed by atoms with van der Waals surface area (Å²) in [6.45, 7) is 4.61. The smallest absolute Gasteiger partial charge is 0.118 e. The minimum Gasteiger partial charge on any atom is -0.497 e. The monoisotopic (exact) mass is 288 g/mol. The van der Waals surface area contributed by atoms with Crippen molar-refractivity contribution in [3.8, 4) is 5.75 Å². The van der Waals surface area contributed by atoms with Crippen LogP contribution in [0, 0.1) is 5.92 Å². The van der Waals surface area contributed by atoms with Gasteiger partial charge in [-0.3, -0.25) is 4.90 Å². The number of rotatable bonds is 4. The van der Waals surface area contributed by atoms with Crippen LogP contribution < -0.4 is 10.5 Å². The zero-order valence-electron chi connectivity index (χ0n) is 13.3. The summed E-state index contributed by atoms with van der Waals surface area (Å²) in [5.74, 6) is 2.38. The quantitative estimate of drug-likeness (QED) is 0.925. The molecule has 2 N–H and O–H groups in total. The van der Waals surface area contributed by atoms with Crippen LogP contribution in [0.5, 0.6) is 5.75 Å². The topological polar surface area (TPSA) is 38.5 Å². The van der Waals surface area contributed by atoms with E-state index in [1.165, 1.54) is 24.8 Å². The molecule has 1 aliphatic carbocycles. The van der Waals surface area contributed by atoms with Gasteiger partial charge < -0.3 is 10.5 Å². The Hall–Kier alpha value is -1.06. The number of hydrogen-bond acceptors (Lipinski definition) is 3. The van der Waals surface area contributed by atoms with Crippen molar-refractivity contribution >= 4 is 0 Å². The Morgan fingerprint density at radius 1 is 1.19 bits per heavy atom. The molecule has 3 rings (SSSR count). The standard InChI is InChI=1S/C18H28N2O/c1-13(14-4-3-5-14)20-11-16(10-17(19)12-20)15-6-8-18(21-2)9-7-15/h6-9,13-14,16-17H,3-5,10-12,19H2,1-2H3. The molecule has 2 aliphatic rings. The molecular weight excluding hydrogens is 260 g/mol. The van der Waals surface area contributed by atoms with E-state index in [4.69, 9.17) is 10.5 Å². The molecule has 1 saturated carbocycles. The molecule has 1 heterocycles. The summed E-state index contributed by atoms with van der Waals surface area (Å²) in [7, 11) is 1.72. The molecule has 2 fully saturated rings. The first kappa shape index (κ1) is 14.9. The van der Waals surface area contributed by atoms with Gasteiger partial charge in [0.1, 0.15) is 5.75 Å². The molecule has 3 unspecified atom stereocenters. The second-order valence-electron chi connectivity index (χ2n) is 6.85. The number of likely N-dealkylation sites (tertiary alicyclic amines) is 1. The number of nitrogens with two attached hydrogens (primary N) is 1. The Labute approximate surface area is 128 Å². The van der Waals surface area contributed by atoms with Gasteiger partial charge in [0.25, 0.3) is 0 Å². The van der Waals surface area contributed by atoms with Gasteiger partial charge in [0.05, 0.1) is 7.11 Å². The summed E-state index contributed by atoms with van der Waals surface area (Å²) in [4.78, 5) is 2.63. The number of ether oxygens (including phenoxy) is 1. The first-order valence-corrected chi connectivity index (χ1v) is 8.31. The van der Waals surface area contributed by atoms with Crippen LogP contribution in [0.2, 0.25) is 0 Å². The molecule has 3 heteroatoms. The third kappa shape index (κ3) is 3.24. The molecular formula is C18H28N2O. The number of nitrogens with zero attached hydrogens (tertiary/aromatic N) is 1. The van der Waals surface area contributed by atoms with E-state index in [0.717, 1.165) is 31.2 Å². The first-order chi connectivity index (χ1) is 10.2. The Bertz CT molecular complexity index is 455. The summed E-state index contributed by atoms with van der Waals surface area (Å²) >= 11 is 0. The lowest BCUT2D eigenvalue weighted by atomic mass is 9.78. The predicted octanol–water partition coefficient (Wildman–Crippen LogP) is 3.00. The lowest BCUT2D eigenvalue weighted by Crippen LogP contribution is -2.52. The van der Waals surface area contributed by atoms with Gasteiger partial charge in [0, 0.05) is 25.2 Å². The van der Waals surface area contributed by atoms with Crippen molar-refractivity contribution in [1.29, 1.82) is 0 Å². The molecule has 21 heavy (non-hydrogen) atoms. The highest BCUT2D eigenvalue weighted by molar-refractivity contribution is 5.30. The van der Waals surface area contributed by atoms with Crippen LogP contribution in [0.25, 0.3) is 0 Å². The van der Waals surface area contributed by atoms with Gasteiger partial charge in [-0.15, -0.1) is 0 Å². The van der Waals surface area contributed by atoms with Crippen molar-refractivity contribution in [3.05, 3.63) is 29.8 Å². The van der Waals surface area contributed by atoms with E-state index in [1.807, 2.05) is 0 Å². The highest BCUT2D eigenvalue weighted by Gasteiger charge is 2.34. The first-order valence-electron chi connectivity index (χ1n) is 8.31. The SMILES string of the molecule is COc1ccc(C2CC(N)CN(C(C)C3CCC3)C2)cc1. The minimum absolute atomic E-state index is 0.299. The van der Waals surface area contributed by atoms with Gasteiger partial charge in [0.15, 0.2) is 0 Å². The Morgan fingerprint density at radius 2 is 1.90 bits per heavy atom. The zero-order valence-corrected chi connectivity index (χ0v) is 13.3. The minimum atomic E-state index is 0.299. The summed E-state index contributed by atoms with van der Waals surface area (Å²) in [6, 6.07) is 9.52.